The van der Waals surface area contributed by atoms with E-state index in [1.807, 2.05) is 0 Å². The Bertz CT molecular complexity index is 626. The molecule has 152 valence electrons. The van der Waals surface area contributed by atoms with E-state index in [1.54, 1.807) is 5.57 Å². The third-order valence-corrected chi connectivity index (χ3v) is 8.45. The third kappa shape index (κ3) is 4.46. The van der Waals surface area contributed by atoms with Gasteiger partial charge >= 0.3 is 0 Å². The van der Waals surface area contributed by atoms with Crippen molar-refractivity contribution in [2.75, 3.05) is 0 Å². The number of rotatable bonds is 2. The zero-order valence-electron chi connectivity index (χ0n) is 19.1. The fraction of sp³-hybridized carbons (Fsp3) is 0.778. The third-order valence-electron chi connectivity index (χ3n) is 8.45. The molecule has 0 aliphatic heterocycles. The van der Waals surface area contributed by atoms with Gasteiger partial charge in [0.25, 0.3) is 0 Å². The first-order valence-electron chi connectivity index (χ1n) is 11.6. The van der Waals surface area contributed by atoms with Crippen LogP contribution in [0.5, 0.6) is 0 Å². The molecule has 3 aliphatic rings. The molecule has 0 N–H and O–H groups in total. The van der Waals surface area contributed by atoms with Gasteiger partial charge in [-0.25, -0.2) is 0 Å². The van der Waals surface area contributed by atoms with Crippen molar-refractivity contribution in [2.24, 2.45) is 28.1 Å². The Hall–Kier alpha value is -0.780. The smallest absolute Gasteiger partial charge is 0.0143 e. The van der Waals surface area contributed by atoms with E-state index >= 15 is 0 Å². The van der Waals surface area contributed by atoms with E-state index in [-0.39, 0.29) is 0 Å². The lowest BCUT2D eigenvalue weighted by atomic mass is 9.63. The average molecular weight is 369 g/mol. The predicted octanol–water partition coefficient (Wildman–Crippen LogP) is 8.65. The van der Waals surface area contributed by atoms with Gasteiger partial charge in [0.1, 0.15) is 0 Å². The van der Waals surface area contributed by atoms with E-state index in [2.05, 4.69) is 60.3 Å². The van der Waals surface area contributed by atoms with Gasteiger partial charge in [-0.15, -0.1) is 0 Å². The molecule has 1 unspecified atom stereocenters. The van der Waals surface area contributed by atoms with Crippen molar-refractivity contribution < 1.29 is 0 Å². The molecule has 0 amide bonds. The molecule has 0 heteroatoms. The van der Waals surface area contributed by atoms with Gasteiger partial charge < -0.3 is 0 Å². The van der Waals surface area contributed by atoms with Crippen molar-refractivity contribution in [3.05, 3.63) is 35.5 Å². The molecular formula is C27H44. The zero-order valence-corrected chi connectivity index (χ0v) is 19.1. The number of allylic oxidation sites excluding steroid dienone is 5. The lowest BCUT2D eigenvalue weighted by molar-refractivity contribution is 0.133. The molecule has 0 heterocycles. The fourth-order valence-electron chi connectivity index (χ4n) is 6.59. The van der Waals surface area contributed by atoms with E-state index in [1.165, 1.54) is 68.9 Å². The topological polar surface area (TPSA) is 0 Å². The Morgan fingerprint density at radius 1 is 0.926 bits per heavy atom. The van der Waals surface area contributed by atoms with Gasteiger partial charge in [0.2, 0.25) is 0 Å². The molecule has 3 fully saturated rings. The Morgan fingerprint density at radius 2 is 1.59 bits per heavy atom. The van der Waals surface area contributed by atoms with E-state index in [9.17, 15) is 0 Å². The molecule has 0 bridgehead atoms. The molecule has 0 radical (unpaired) electrons. The van der Waals surface area contributed by atoms with E-state index in [0.717, 1.165) is 18.3 Å². The van der Waals surface area contributed by atoms with Crippen LogP contribution in [0, 0.1) is 28.1 Å². The maximum Gasteiger partial charge on any atom is -0.0143 e. The lowest BCUT2D eigenvalue weighted by Gasteiger charge is -2.42. The van der Waals surface area contributed by atoms with Crippen LogP contribution in [-0.2, 0) is 0 Å². The molecule has 3 atom stereocenters. The first-order valence-corrected chi connectivity index (χ1v) is 11.6. The Labute approximate surface area is 169 Å². The van der Waals surface area contributed by atoms with Crippen LogP contribution in [0.25, 0.3) is 0 Å². The van der Waals surface area contributed by atoms with E-state index in [4.69, 9.17) is 0 Å². The highest BCUT2D eigenvalue weighted by molar-refractivity contribution is 5.36. The maximum absolute atomic E-state index is 4.53. The van der Waals surface area contributed by atoms with Crippen LogP contribution in [0.3, 0.4) is 0 Å². The first kappa shape index (κ1) is 20.9. The summed E-state index contributed by atoms with van der Waals surface area (Å²) >= 11 is 0. The van der Waals surface area contributed by atoms with Gasteiger partial charge in [0, 0.05) is 0 Å². The molecule has 0 aromatic rings. The summed E-state index contributed by atoms with van der Waals surface area (Å²) in [4.78, 5) is 0. The molecule has 0 spiro atoms. The number of hydrogen-bond acceptors (Lipinski definition) is 0. The van der Waals surface area contributed by atoms with Crippen LogP contribution in [-0.4, -0.2) is 0 Å². The predicted molar refractivity (Wildman–Crippen MR) is 120 cm³/mol. The molecule has 3 aliphatic carbocycles. The van der Waals surface area contributed by atoms with Crippen LogP contribution < -0.4 is 0 Å². The van der Waals surface area contributed by atoms with Crippen molar-refractivity contribution in [3.63, 3.8) is 0 Å². The molecule has 27 heavy (non-hydrogen) atoms. The Kier molecular flexibility index (Phi) is 5.87. The fourth-order valence-corrected chi connectivity index (χ4v) is 6.59. The minimum absolute atomic E-state index is 0.379. The summed E-state index contributed by atoms with van der Waals surface area (Å²) in [5, 5.41) is 0. The van der Waals surface area contributed by atoms with Gasteiger partial charge in [-0.05, 0) is 91.4 Å². The molecule has 3 rings (SSSR count). The average Bonchev–Trinajstić information content (AvgIpc) is 2.92. The van der Waals surface area contributed by atoms with Crippen LogP contribution in [0.2, 0.25) is 0 Å². The molecule has 3 saturated carbocycles. The van der Waals surface area contributed by atoms with Gasteiger partial charge in [-0.3, -0.25) is 0 Å². The number of hydrogen-bond donors (Lipinski definition) is 0. The van der Waals surface area contributed by atoms with Gasteiger partial charge in [-0.1, -0.05) is 77.8 Å². The Balaban J connectivity index is 1.86. The second-order valence-corrected chi connectivity index (χ2v) is 11.8. The number of fused-ring (bicyclic) bond motifs is 1. The molecule has 0 aromatic carbocycles. The van der Waals surface area contributed by atoms with Crippen LogP contribution in [0.15, 0.2) is 35.5 Å². The SMILES string of the molecule is C=C1CC(C)(C)CCC(C)(C)C/C1=C/C=C1\CCC[C@@]2(C)C1CC[C@@H]2CC. The highest BCUT2D eigenvalue weighted by Gasteiger charge is 2.48. The van der Waals surface area contributed by atoms with Gasteiger partial charge in [0.05, 0.1) is 0 Å². The summed E-state index contributed by atoms with van der Waals surface area (Å²) in [5.74, 6) is 1.77. The van der Waals surface area contributed by atoms with Gasteiger partial charge in [-0.2, -0.15) is 0 Å². The zero-order chi connectivity index (χ0) is 19.9. The lowest BCUT2D eigenvalue weighted by Crippen LogP contribution is -2.32. The maximum atomic E-state index is 4.53. The molecular weight excluding hydrogens is 324 g/mol. The van der Waals surface area contributed by atoms with Crippen molar-refractivity contribution in [1.82, 2.24) is 0 Å². The normalized spacial score (nSPS) is 39.3. The summed E-state index contributed by atoms with van der Waals surface area (Å²) in [6, 6.07) is 0. The summed E-state index contributed by atoms with van der Waals surface area (Å²) in [6.45, 7) is 19.3. The largest absolute Gasteiger partial charge is 0.0955 e. The van der Waals surface area contributed by atoms with Crippen molar-refractivity contribution in [3.8, 4) is 0 Å². The minimum Gasteiger partial charge on any atom is -0.0955 e. The van der Waals surface area contributed by atoms with Crippen LogP contribution in [0.4, 0.5) is 0 Å². The molecule has 0 nitrogen and oxygen atoms in total. The highest BCUT2D eigenvalue weighted by atomic mass is 14.5. The van der Waals surface area contributed by atoms with Gasteiger partial charge in [0.15, 0.2) is 0 Å². The second-order valence-electron chi connectivity index (χ2n) is 11.8. The first-order chi connectivity index (χ1) is 12.6. The van der Waals surface area contributed by atoms with Crippen LogP contribution in [0.1, 0.15) is 106 Å². The van der Waals surface area contributed by atoms with E-state index < -0.39 is 0 Å². The monoisotopic (exact) mass is 368 g/mol. The van der Waals surface area contributed by atoms with Crippen molar-refractivity contribution in [1.29, 1.82) is 0 Å². The summed E-state index contributed by atoms with van der Waals surface area (Å²) in [6.07, 6.45) is 18.4. The Morgan fingerprint density at radius 3 is 2.26 bits per heavy atom. The van der Waals surface area contributed by atoms with Crippen molar-refractivity contribution in [2.45, 2.75) is 106 Å². The minimum atomic E-state index is 0.379. The quantitative estimate of drug-likeness (QED) is 0.457. The van der Waals surface area contributed by atoms with Crippen LogP contribution >= 0.6 is 0 Å². The summed E-state index contributed by atoms with van der Waals surface area (Å²) < 4.78 is 0. The standard InChI is InChI=1S/C27H44/c1-8-23-13-14-24-21(10-9-15-27(23,24)7)11-12-22-19-26(5,6)17-16-25(3,4)18-20(22)2/h11-12,23-24H,2,8-10,13-19H2,1,3-7H3/b21-11+,22-12-/t23-,24?,27+/m0/s1. The molecule has 0 aromatic heterocycles. The summed E-state index contributed by atoms with van der Waals surface area (Å²) in [5.41, 5.74) is 5.99. The summed E-state index contributed by atoms with van der Waals surface area (Å²) in [7, 11) is 0. The second kappa shape index (κ2) is 7.57. The molecule has 0 saturated heterocycles. The highest BCUT2D eigenvalue weighted by Crippen LogP contribution is 2.58. The van der Waals surface area contributed by atoms with Crippen molar-refractivity contribution >= 4 is 0 Å². The van der Waals surface area contributed by atoms with E-state index in [0.29, 0.717) is 16.2 Å².